The van der Waals surface area contributed by atoms with Crippen molar-refractivity contribution < 1.29 is 4.74 Å². The zero-order valence-electron chi connectivity index (χ0n) is 8.89. The molecule has 13 heavy (non-hydrogen) atoms. The molecule has 1 radical (unpaired) electrons. The van der Waals surface area contributed by atoms with Gasteiger partial charge in [-0.1, -0.05) is 58.1 Å². The van der Waals surface area contributed by atoms with E-state index in [1.54, 1.807) is 0 Å². The average molecular weight is 203 g/mol. The van der Waals surface area contributed by atoms with Gasteiger partial charge in [0, 0.05) is 12.4 Å². The normalized spacial score (nSPS) is 10.6. The molecular formula is C11H23OS. The van der Waals surface area contributed by atoms with Gasteiger partial charge < -0.3 is 4.74 Å². The maximum Gasteiger partial charge on any atom is 0.0565 e. The van der Waals surface area contributed by atoms with Gasteiger partial charge in [-0.15, -0.1) is 0 Å². The Kier molecular flexibility index (Phi) is 12.6. The van der Waals surface area contributed by atoms with Crippen LogP contribution in [0.4, 0.5) is 0 Å². The minimum atomic E-state index is 0.733. The smallest absolute Gasteiger partial charge is 0.0565 e. The SMILES string of the molecule is CCCCCCCCCOCC[S]. The van der Waals surface area contributed by atoms with E-state index in [0.717, 1.165) is 19.0 Å². The van der Waals surface area contributed by atoms with Gasteiger partial charge in [-0.2, -0.15) is 0 Å². The Morgan fingerprint density at radius 1 is 0.846 bits per heavy atom. The summed E-state index contributed by atoms with van der Waals surface area (Å²) in [6.07, 6.45) is 9.44. The van der Waals surface area contributed by atoms with Gasteiger partial charge >= 0.3 is 0 Å². The molecule has 0 saturated carbocycles. The molecule has 0 aliphatic carbocycles. The topological polar surface area (TPSA) is 9.23 Å². The molecule has 0 unspecified atom stereocenters. The van der Waals surface area contributed by atoms with Crippen molar-refractivity contribution in [2.45, 2.75) is 51.9 Å². The largest absolute Gasteiger partial charge is 0.381 e. The van der Waals surface area contributed by atoms with Crippen LogP contribution in [-0.4, -0.2) is 19.0 Å². The first-order valence-corrected chi connectivity index (χ1v) is 6.15. The Morgan fingerprint density at radius 3 is 2.08 bits per heavy atom. The summed E-state index contributed by atoms with van der Waals surface area (Å²) in [4.78, 5) is 0. The third-order valence-corrected chi connectivity index (χ3v) is 2.29. The molecule has 0 heterocycles. The molecule has 0 N–H and O–H groups in total. The van der Waals surface area contributed by atoms with Gasteiger partial charge in [-0.25, -0.2) is 0 Å². The summed E-state index contributed by atoms with van der Waals surface area (Å²) in [6.45, 7) is 3.91. The maximum absolute atomic E-state index is 5.31. The standard InChI is InChI=1S/C11H23OS/c1-2-3-4-5-6-7-8-9-12-10-11-13/h2-11H2,1H3. The van der Waals surface area contributed by atoms with Gasteiger partial charge in [0.15, 0.2) is 0 Å². The van der Waals surface area contributed by atoms with Gasteiger partial charge in [0.2, 0.25) is 0 Å². The van der Waals surface area contributed by atoms with Gasteiger partial charge in [0.1, 0.15) is 0 Å². The van der Waals surface area contributed by atoms with E-state index in [4.69, 9.17) is 17.4 Å². The average Bonchev–Trinajstić information content (AvgIpc) is 2.16. The van der Waals surface area contributed by atoms with E-state index < -0.39 is 0 Å². The Balaban J connectivity index is 2.76. The molecule has 0 spiro atoms. The predicted molar refractivity (Wildman–Crippen MR) is 61.3 cm³/mol. The zero-order valence-corrected chi connectivity index (χ0v) is 9.70. The number of unbranched alkanes of at least 4 members (excludes halogenated alkanes) is 6. The van der Waals surface area contributed by atoms with Crippen LogP contribution in [0.2, 0.25) is 0 Å². The van der Waals surface area contributed by atoms with Crippen molar-refractivity contribution >= 4 is 12.6 Å². The molecule has 2 heteroatoms. The van der Waals surface area contributed by atoms with Crippen molar-refractivity contribution in [2.24, 2.45) is 0 Å². The van der Waals surface area contributed by atoms with E-state index in [1.165, 1.54) is 44.9 Å². The van der Waals surface area contributed by atoms with Crippen molar-refractivity contribution in [3.05, 3.63) is 0 Å². The van der Waals surface area contributed by atoms with Crippen molar-refractivity contribution in [2.75, 3.05) is 19.0 Å². The van der Waals surface area contributed by atoms with Gasteiger partial charge in [-0.05, 0) is 6.42 Å². The van der Waals surface area contributed by atoms with Crippen molar-refractivity contribution in [1.29, 1.82) is 0 Å². The molecule has 0 aromatic rings. The van der Waals surface area contributed by atoms with Crippen molar-refractivity contribution in [1.82, 2.24) is 0 Å². The van der Waals surface area contributed by atoms with E-state index in [0.29, 0.717) is 0 Å². The fraction of sp³-hybridized carbons (Fsp3) is 1.00. The quantitative estimate of drug-likeness (QED) is 0.488. The molecule has 0 atom stereocenters. The van der Waals surface area contributed by atoms with Crippen LogP contribution in [0, 0.1) is 0 Å². The highest BCUT2D eigenvalue weighted by molar-refractivity contribution is 7.80. The van der Waals surface area contributed by atoms with Crippen LogP contribution in [0.15, 0.2) is 0 Å². The molecule has 0 rings (SSSR count). The fourth-order valence-corrected chi connectivity index (χ4v) is 1.44. The lowest BCUT2D eigenvalue weighted by atomic mass is 10.1. The third kappa shape index (κ3) is 12.3. The van der Waals surface area contributed by atoms with E-state index in [2.05, 4.69) is 6.92 Å². The second-order valence-electron chi connectivity index (χ2n) is 3.44. The Hall–Kier alpha value is 0.310. The van der Waals surface area contributed by atoms with Crippen LogP contribution >= 0.6 is 12.6 Å². The van der Waals surface area contributed by atoms with Crippen LogP contribution in [0.1, 0.15) is 51.9 Å². The summed E-state index contributed by atoms with van der Waals surface area (Å²) in [5, 5.41) is 0. The first-order chi connectivity index (χ1) is 6.41. The summed E-state index contributed by atoms with van der Waals surface area (Å²) in [5.41, 5.74) is 0. The van der Waals surface area contributed by atoms with Crippen LogP contribution < -0.4 is 0 Å². The highest BCUT2D eigenvalue weighted by atomic mass is 32.1. The summed E-state index contributed by atoms with van der Waals surface area (Å²) in [6, 6.07) is 0. The molecule has 0 aliphatic heterocycles. The second kappa shape index (κ2) is 12.3. The third-order valence-electron chi connectivity index (χ3n) is 2.12. The summed E-state index contributed by atoms with van der Waals surface area (Å²) in [7, 11) is 0. The molecule has 0 fully saturated rings. The molecule has 0 bridgehead atoms. The van der Waals surface area contributed by atoms with E-state index in [9.17, 15) is 0 Å². The summed E-state index contributed by atoms with van der Waals surface area (Å²) >= 11 is 4.78. The first-order valence-electron chi connectivity index (χ1n) is 5.57. The van der Waals surface area contributed by atoms with Crippen LogP contribution in [-0.2, 0) is 4.74 Å². The summed E-state index contributed by atoms with van der Waals surface area (Å²) < 4.78 is 5.31. The lowest BCUT2D eigenvalue weighted by molar-refractivity contribution is 0.145. The van der Waals surface area contributed by atoms with Crippen LogP contribution in [0.25, 0.3) is 0 Å². The molecule has 0 aromatic carbocycles. The zero-order chi connectivity index (χ0) is 9.78. The van der Waals surface area contributed by atoms with E-state index in [-0.39, 0.29) is 0 Å². The molecule has 1 nitrogen and oxygen atoms in total. The minimum absolute atomic E-state index is 0.733. The fourth-order valence-electron chi connectivity index (χ4n) is 1.32. The molecule has 0 amide bonds. The monoisotopic (exact) mass is 203 g/mol. The molecule has 0 saturated heterocycles. The van der Waals surface area contributed by atoms with E-state index in [1.807, 2.05) is 0 Å². The molecular weight excluding hydrogens is 180 g/mol. The van der Waals surface area contributed by atoms with E-state index >= 15 is 0 Å². The lowest BCUT2D eigenvalue weighted by Gasteiger charge is -2.02. The number of ether oxygens (including phenoxy) is 1. The van der Waals surface area contributed by atoms with Crippen molar-refractivity contribution in [3.63, 3.8) is 0 Å². The number of hydrogen-bond acceptors (Lipinski definition) is 1. The Labute approximate surface area is 88.7 Å². The van der Waals surface area contributed by atoms with Gasteiger partial charge in [0.05, 0.1) is 6.61 Å². The Bertz CT molecular complexity index is 76.2. The Morgan fingerprint density at radius 2 is 1.46 bits per heavy atom. The molecule has 79 valence electrons. The number of hydrogen-bond donors (Lipinski definition) is 0. The molecule has 0 aromatic heterocycles. The highest BCUT2D eigenvalue weighted by Crippen LogP contribution is 2.06. The minimum Gasteiger partial charge on any atom is -0.381 e. The summed E-state index contributed by atoms with van der Waals surface area (Å²) in [5.74, 6) is 0.733. The predicted octanol–water partition coefficient (Wildman–Crippen LogP) is 3.95. The maximum atomic E-state index is 5.31. The first kappa shape index (κ1) is 13.3. The lowest BCUT2D eigenvalue weighted by Crippen LogP contribution is -1.97. The van der Waals surface area contributed by atoms with Gasteiger partial charge in [0.25, 0.3) is 0 Å². The van der Waals surface area contributed by atoms with Crippen molar-refractivity contribution in [3.8, 4) is 0 Å². The van der Waals surface area contributed by atoms with Crippen LogP contribution in [0.5, 0.6) is 0 Å². The highest BCUT2D eigenvalue weighted by Gasteiger charge is 1.90. The van der Waals surface area contributed by atoms with Gasteiger partial charge in [-0.3, -0.25) is 0 Å². The second-order valence-corrected chi connectivity index (χ2v) is 3.85. The number of rotatable bonds is 10. The molecule has 0 aliphatic rings. The van der Waals surface area contributed by atoms with Crippen LogP contribution in [0.3, 0.4) is 0 Å².